The van der Waals surface area contributed by atoms with Crippen LogP contribution in [0.4, 0.5) is 4.39 Å². The lowest BCUT2D eigenvalue weighted by atomic mass is 9.83. The molecule has 0 bridgehead atoms. The average Bonchev–Trinajstić information content (AvgIpc) is 2.70. The third kappa shape index (κ3) is 4.64. The Labute approximate surface area is 175 Å². The number of nitrogens with one attached hydrogen (secondary N) is 1. The fraction of sp³-hybridized carbons (Fsp3) is 0.409. The minimum absolute atomic E-state index is 0.0692. The molecule has 150 valence electrons. The maximum absolute atomic E-state index is 13.9. The zero-order valence-corrected chi connectivity index (χ0v) is 17.7. The molecule has 0 spiro atoms. The van der Waals surface area contributed by atoms with E-state index in [9.17, 15) is 9.18 Å². The molecule has 1 aliphatic rings. The Balaban J connectivity index is 1.64. The van der Waals surface area contributed by atoms with Crippen molar-refractivity contribution >= 4 is 29.3 Å². The maximum atomic E-state index is 13.9. The van der Waals surface area contributed by atoms with Crippen molar-refractivity contribution in [2.75, 3.05) is 5.75 Å². The summed E-state index contributed by atoms with van der Waals surface area (Å²) in [6.07, 6.45) is 2.50. The molecule has 1 heterocycles. The molecule has 1 unspecified atom stereocenters. The predicted molar refractivity (Wildman–Crippen MR) is 113 cm³/mol. The number of hydrogen-bond acceptors (Lipinski definition) is 3. The Morgan fingerprint density at radius 3 is 2.71 bits per heavy atom. The van der Waals surface area contributed by atoms with Gasteiger partial charge in [0.25, 0.3) is 0 Å². The van der Waals surface area contributed by atoms with Crippen molar-refractivity contribution in [3.63, 3.8) is 0 Å². The number of amides is 1. The van der Waals surface area contributed by atoms with Crippen molar-refractivity contribution in [1.29, 1.82) is 0 Å². The molecule has 0 saturated heterocycles. The summed E-state index contributed by atoms with van der Waals surface area (Å²) in [5, 5.41) is 3.54. The molecule has 2 aromatic carbocycles. The second-order valence-electron chi connectivity index (χ2n) is 7.05. The van der Waals surface area contributed by atoms with Crippen LogP contribution in [0.3, 0.4) is 0 Å². The number of para-hydroxylation sites is 1. The second kappa shape index (κ2) is 9.19. The summed E-state index contributed by atoms with van der Waals surface area (Å²) in [5.74, 6) is 1.04. The van der Waals surface area contributed by atoms with Gasteiger partial charge in [-0.1, -0.05) is 49.7 Å². The van der Waals surface area contributed by atoms with E-state index in [1.54, 1.807) is 12.1 Å². The smallest absolute Gasteiger partial charge is 0.230 e. The highest BCUT2D eigenvalue weighted by atomic mass is 35.5. The largest absolute Gasteiger partial charge is 0.487 e. The van der Waals surface area contributed by atoms with Crippen molar-refractivity contribution in [3.8, 4) is 5.75 Å². The van der Waals surface area contributed by atoms with Crippen LogP contribution >= 0.6 is 23.4 Å². The number of carbonyl (C=O) groups is 1. The Hall–Kier alpha value is -1.72. The minimum atomic E-state index is -0.338. The zero-order valence-electron chi connectivity index (χ0n) is 16.1. The van der Waals surface area contributed by atoms with Crippen LogP contribution in [0.25, 0.3) is 0 Å². The van der Waals surface area contributed by atoms with Gasteiger partial charge in [0.05, 0.1) is 11.8 Å². The average molecular weight is 422 g/mol. The fourth-order valence-electron chi connectivity index (χ4n) is 3.58. The number of fused-ring (bicyclic) bond motifs is 1. The van der Waals surface area contributed by atoms with Crippen LogP contribution in [0, 0.1) is 5.82 Å². The monoisotopic (exact) mass is 421 g/mol. The predicted octanol–water partition coefficient (Wildman–Crippen LogP) is 5.91. The van der Waals surface area contributed by atoms with Crippen LogP contribution in [0.5, 0.6) is 5.75 Å². The molecule has 2 aromatic rings. The van der Waals surface area contributed by atoms with Gasteiger partial charge in [-0.3, -0.25) is 4.79 Å². The van der Waals surface area contributed by atoms with Gasteiger partial charge in [-0.15, -0.1) is 11.8 Å². The molecule has 0 aliphatic carbocycles. The number of rotatable bonds is 7. The van der Waals surface area contributed by atoms with Gasteiger partial charge in [-0.25, -0.2) is 4.39 Å². The number of benzene rings is 2. The van der Waals surface area contributed by atoms with Crippen LogP contribution in [0.15, 0.2) is 42.5 Å². The lowest BCUT2D eigenvalue weighted by molar-refractivity contribution is -0.120. The van der Waals surface area contributed by atoms with E-state index in [-0.39, 0.29) is 29.1 Å². The van der Waals surface area contributed by atoms with Gasteiger partial charge in [0.15, 0.2) is 0 Å². The van der Waals surface area contributed by atoms with Crippen LogP contribution in [0.1, 0.15) is 50.3 Å². The normalized spacial score (nSPS) is 17.5. The maximum Gasteiger partial charge on any atom is 0.230 e. The van der Waals surface area contributed by atoms with Gasteiger partial charge in [0.1, 0.15) is 17.2 Å². The first-order valence-electron chi connectivity index (χ1n) is 9.56. The van der Waals surface area contributed by atoms with Crippen LogP contribution in [-0.2, 0) is 10.5 Å². The van der Waals surface area contributed by atoms with Gasteiger partial charge in [0, 0.05) is 28.3 Å². The topological polar surface area (TPSA) is 38.3 Å². The molecule has 0 radical (unpaired) electrons. The number of halogens is 2. The fourth-order valence-corrected chi connectivity index (χ4v) is 4.76. The molecular weight excluding hydrogens is 397 g/mol. The quantitative estimate of drug-likeness (QED) is 0.603. The van der Waals surface area contributed by atoms with Crippen molar-refractivity contribution < 1.29 is 13.9 Å². The SMILES string of the molecule is CCC1(CC)CC(NC(=O)CSCc2c(F)cccc2Cl)c2ccccc2O1. The lowest BCUT2D eigenvalue weighted by Crippen LogP contribution is -2.44. The van der Waals surface area contributed by atoms with Crippen LogP contribution < -0.4 is 10.1 Å². The highest BCUT2D eigenvalue weighted by molar-refractivity contribution is 7.99. The van der Waals surface area contributed by atoms with Crippen LogP contribution in [-0.4, -0.2) is 17.3 Å². The second-order valence-corrected chi connectivity index (χ2v) is 8.44. The Kier molecular flexibility index (Phi) is 6.89. The van der Waals surface area contributed by atoms with Crippen LogP contribution in [0.2, 0.25) is 5.02 Å². The number of carbonyl (C=O) groups excluding carboxylic acids is 1. The molecule has 6 heteroatoms. The zero-order chi connectivity index (χ0) is 20.1. The number of thioether (sulfide) groups is 1. The Morgan fingerprint density at radius 2 is 2.00 bits per heavy atom. The highest BCUT2D eigenvalue weighted by Crippen LogP contribution is 2.42. The van der Waals surface area contributed by atoms with E-state index in [2.05, 4.69) is 19.2 Å². The first-order chi connectivity index (χ1) is 13.5. The minimum Gasteiger partial charge on any atom is -0.487 e. The molecule has 1 atom stereocenters. The van der Waals surface area contributed by atoms with Gasteiger partial charge in [-0.05, 0) is 31.0 Å². The third-order valence-corrected chi connectivity index (χ3v) is 6.68. The van der Waals surface area contributed by atoms with Gasteiger partial charge >= 0.3 is 0 Å². The first kappa shape index (κ1) is 21.0. The van der Waals surface area contributed by atoms with Crippen molar-refractivity contribution in [1.82, 2.24) is 5.32 Å². The highest BCUT2D eigenvalue weighted by Gasteiger charge is 2.38. The van der Waals surface area contributed by atoms with Gasteiger partial charge in [0.2, 0.25) is 5.91 Å². The van der Waals surface area contributed by atoms with E-state index >= 15 is 0 Å². The summed E-state index contributed by atoms with van der Waals surface area (Å²) in [7, 11) is 0. The van der Waals surface area contributed by atoms with E-state index in [1.165, 1.54) is 17.8 Å². The summed E-state index contributed by atoms with van der Waals surface area (Å²) < 4.78 is 20.1. The molecule has 0 saturated carbocycles. The molecule has 0 fully saturated rings. The summed E-state index contributed by atoms with van der Waals surface area (Å²) in [6, 6.07) is 12.4. The van der Waals surface area contributed by atoms with E-state index in [1.807, 2.05) is 24.3 Å². The molecule has 1 aliphatic heterocycles. The van der Waals surface area contributed by atoms with E-state index < -0.39 is 0 Å². The number of ether oxygens (including phenoxy) is 1. The van der Waals surface area contributed by atoms with Crippen molar-refractivity contribution in [2.45, 2.75) is 50.5 Å². The van der Waals surface area contributed by atoms with Gasteiger partial charge < -0.3 is 10.1 Å². The van der Waals surface area contributed by atoms with E-state index in [0.717, 1.165) is 30.6 Å². The summed E-state index contributed by atoms with van der Waals surface area (Å²) >= 11 is 7.41. The van der Waals surface area contributed by atoms with E-state index in [4.69, 9.17) is 16.3 Å². The van der Waals surface area contributed by atoms with Crippen molar-refractivity contribution in [3.05, 3.63) is 64.4 Å². The molecule has 0 aromatic heterocycles. The summed E-state index contributed by atoms with van der Waals surface area (Å²) in [5.41, 5.74) is 1.19. The summed E-state index contributed by atoms with van der Waals surface area (Å²) in [6.45, 7) is 4.23. The Morgan fingerprint density at radius 1 is 1.25 bits per heavy atom. The third-order valence-electron chi connectivity index (χ3n) is 5.36. The summed E-state index contributed by atoms with van der Waals surface area (Å²) in [4.78, 5) is 12.6. The standard InChI is InChI=1S/C22H25ClFNO2S/c1-3-22(4-2)12-19(15-8-5-6-11-20(15)27-22)25-21(26)14-28-13-16-17(23)9-7-10-18(16)24/h5-11,19H,3-4,12-14H2,1-2H3,(H,25,26). The molecule has 28 heavy (non-hydrogen) atoms. The molecule has 1 N–H and O–H groups in total. The first-order valence-corrected chi connectivity index (χ1v) is 11.1. The Bertz CT molecular complexity index is 821. The lowest BCUT2D eigenvalue weighted by Gasteiger charge is -2.41. The van der Waals surface area contributed by atoms with Gasteiger partial charge in [-0.2, -0.15) is 0 Å². The van der Waals surface area contributed by atoms with Crippen molar-refractivity contribution in [2.24, 2.45) is 0 Å². The molecule has 1 amide bonds. The molecular formula is C22H25ClFNO2S. The number of hydrogen-bond donors (Lipinski definition) is 1. The molecule has 3 rings (SSSR count). The molecule has 3 nitrogen and oxygen atoms in total. The van der Waals surface area contributed by atoms with E-state index in [0.29, 0.717) is 16.3 Å².